The van der Waals surface area contributed by atoms with Crippen molar-refractivity contribution in [3.05, 3.63) is 7.43 Å². The molecule has 0 atom stereocenters. The third-order valence-corrected chi connectivity index (χ3v) is 0. The Morgan fingerprint density at radius 3 is 1.20 bits per heavy atom. The third-order valence-electron chi connectivity index (χ3n) is 0. The molecule has 0 aromatic rings. The molecule has 0 aliphatic heterocycles. The Bertz CT molecular complexity index is 9.61. The van der Waals surface area contributed by atoms with Crippen molar-refractivity contribution in [2.45, 2.75) is 0 Å². The van der Waals surface area contributed by atoms with Gasteiger partial charge in [0, 0.05) is 7.43 Å². The largest absolute Gasteiger partial charge is 0.269 e. The molecule has 5 heavy (non-hydrogen) atoms. The van der Waals surface area contributed by atoms with Crippen LogP contribution in [-0.2, 0) is 22.4 Å². The van der Waals surface area contributed by atoms with Gasteiger partial charge in [0.2, 0.25) is 0 Å². The Morgan fingerprint density at radius 1 is 1.20 bits per heavy atom. The van der Waals surface area contributed by atoms with Crippen LogP contribution in [0, 0.1) is 7.43 Å². The van der Waals surface area contributed by atoms with E-state index in [4.69, 9.17) is 0 Å². The first-order chi connectivity index (χ1) is 1.00. The minimum absolute atomic E-state index is 0. The molecule has 0 aromatic heterocycles. The molecular weight excluding hydrogens is 222 g/mol. The number of halogens is 2. The molecule has 0 bridgehead atoms. The molecule has 0 saturated heterocycles. The second-order valence-electron chi connectivity index (χ2n) is 0. The highest BCUT2D eigenvalue weighted by molar-refractivity contribution is 14.0. The molecule has 0 aliphatic carbocycles. The molecule has 0 heterocycles. The average molecular weight is 228 g/mol. The van der Waals surface area contributed by atoms with Gasteiger partial charge in [0.05, 0.1) is 0 Å². The van der Waals surface area contributed by atoms with Crippen LogP contribution in [0.4, 0.5) is 4.70 Å². The zero-order chi connectivity index (χ0) is 2.00. The van der Waals surface area contributed by atoms with Crippen LogP contribution in [0.3, 0.4) is 0 Å². The standard InChI is InChI=1S/CH3.FH.HI.S2/c;;;1-2/h1H3;2*1H;/q+1;;;/p+1. The molecule has 0 spiro atoms. The van der Waals surface area contributed by atoms with E-state index >= 15 is 0 Å². The highest BCUT2D eigenvalue weighted by Gasteiger charge is 0.968. The summed E-state index contributed by atoms with van der Waals surface area (Å²) in [5.41, 5.74) is 0. The fraction of sp³-hybridized carbons (Fsp3) is 0. The lowest BCUT2D eigenvalue weighted by molar-refractivity contribution is 1.11. The van der Waals surface area contributed by atoms with Gasteiger partial charge in [0.1, 0.15) is 0 Å². The van der Waals surface area contributed by atoms with Crippen molar-refractivity contribution in [2.75, 3.05) is 0 Å². The van der Waals surface area contributed by atoms with Crippen LogP contribution in [0.1, 0.15) is 0 Å². The molecule has 0 aromatic carbocycles. The minimum atomic E-state index is 0. The lowest BCUT2D eigenvalue weighted by atomic mass is 12.0. The van der Waals surface area contributed by atoms with E-state index < -0.39 is 0 Å². The van der Waals surface area contributed by atoms with Gasteiger partial charge in [-0.2, -0.15) is 0 Å². The van der Waals surface area contributed by atoms with E-state index in [2.05, 4.69) is 22.4 Å². The quantitative estimate of drug-likeness (QED) is 0.257. The van der Waals surface area contributed by atoms with Crippen LogP contribution >= 0.6 is 24.0 Å². The summed E-state index contributed by atoms with van der Waals surface area (Å²) in [6, 6.07) is 0. The van der Waals surface area contributed by atoms with Gasteiger partial charge in [-0.1, -0.05) is 0 Å². The van der Waals surface area contributed by atoms with Crippen LogP contribution in [0.2, 0.25) is 0 Å². The van der Waals surface area contributed by atoms with Crippen LogP contribution in [0.5, 0.6) is 0 Å². The average Bonchev–Trinajstić information content (AvgIpc) is 1.00. The van der Waals surface area contributed by atoms with Gasteiger partial charge in [-0.3, -0.25) is 4.70 Å². The first-order valence-electron chi connectivity index (χ1n) is 0.183. The van der Waals surface area contributed by atoms with E-state index in [1.807, 2.05) is 0 Å². The van der Waals surface area contributed by atoms with Crippen molar-refractivity contribution in [1.82, 2.24) is 0 Å². The summed E-state index contributed by atoms with van der Waals surface area (Å²) in [5, 5.41) is 0. The fourth-order valence-electron chi connectivity index (χ4n) is 0. The highest BCUT2D eigenvalue weighted by atomic mass is 127. The molecule has 0 radical (unpaired) electrons. The number of rotatable bonds is 0. The van der Waals surface area contributed by atoms with Crippen LogP contribution in [0.25, 0.3) is 0 Å². The van der Waals surface area contributed by atoms with Gasteiger partial charge in [0.25, 0.3) is 22.4 Å². The summed E-state index contributed by atoms with van der Waals surface area (Å²) in [5.74, 6) is 0. The Morgan fingerprint density at radius 2 is 1.20 bits per heavy atom. The molecule has 0 aliphatic rings. The van der Waals surface area contributed by atoms with E-state index in [0.717, 1.165) is 0 Å². The Kier molecular flexibility index (Phi) is 633. The molecular formula is CH6FIS2+2. The Hall–Kier alpha value is 0.970. The van der Waals surface area contributed by atoms with Gasteiger partial charge < -0.3 is 0 Å². The fourth-order valence-corrected chi connectivity index (χ4v) is 0. The van der Waals surface area contributed by atoms with Gasteiger partial charge in [-0.25, -0.2) is 0 Å². The third kappa shape index (κ3) is 46.6. The van der Waals surface area contributed by atoms with Crippen molar-refractivity contribution in [2.24, 2.45) is 0 Å². The topological polar surface area (TPSA) is 0 Å². The first kappa shape index (κ1) is 38.0. The zero-order valence-corrected chi connectivity index (χ0v) is 6.71. The SMILES string of the molecule is F.I.S=[SH+].[CH3+]. The second kappa shape index (κ2) is 83.3. The summed E-state index contributed by atoms with van der Waals surface area (Å²) in [7, 11) is 0. The maximum atomic E-state index is 3.78. The monoisotopic (exact) mass is 228 g/mol. The highest BCUT2D eigenvalue weighted by Crippen LogP contribution is 0.886. The lowest BCUT2D eigenvalue weighted by Crippen LogP contribution is -0.710. The smallest absolute Gasteiger partial charge is 0.268 e. The van der Waals surface area contributed by atoms with E-state index in [0.29, 0.717) is 0 Å². The Balaban J connectivity index is -0.00000000167. The van der Waals surface area contributed by atoms with Crippen molar-refractivity contribution in [3.63, 3.8) is 0 Å². The number of hydrogen-bond acceptors (Lipinski definition) is 1. The molecule has 0 unspecified atom stereocenters. The molecule has 0 fully saturated rings. The number of hydrogen-bond donors (Lipinski definition) is 0. The van der Waals surface area contributed by atoms with Gasteiger partial charge in [0.15, 0.2) is 0 Å². The predicted molar refractivity (Wildman–Crippen MR) is 40.5 cm³/mol. The minimum Gasteiger partial charge on any atom is -0.269 e. The molecule has 4 heteroatoms. The van der Waals surface area contributed by atoms with E-state index in [9.17, 15) is 0 Å². The van der Waals surface area contributed by atoms with Gasteiger partial charge >= 0.3 is 0 Å². The molecule has 0 saturated carbocycles. The summed E-state index contributed by atoms with van der Waals surface area (Å²) in [6.07, 6.45) is 0. The van der Waals surface area contributed by atoms with Crippen molar-refractivity contribution >= 4 is 46.4 Å². The summed E-state index contributed by atoms with van der Waals surface area (Å²) >= 11 is 6.89. The summed E-state index contributed by atoms with van der Waals surface area (Å²) in [4.78, 5) is 0. The molecule has 0 N–H and O–H groups in total. The molecule has 34 valence electrons. The predicted octanol–water partition coefficient (Wildman–Crippen LogP) is 0.948. The van der Waals surface area contributed by atoms with Crippen molar-refractivity contribution < 1.29 is 4.70 Å². The normalized spacial score (nSPS) is 0.800. The van der Waals surface area contributed by atoms with Gasteiger partial charge in [-0.05, 0) is 0 Å². The second-order valence-corrected chi connectivity index (χ2v) is 0. The van der Waals surface area contributed by atoms with Crippen LogP contribution in [-0.4, -0.2) is 0 Å². The van der Waals surface area contributed by atoms with E-state index in [1.165, 1.54) is 0 Å². The Labute approximate surface area is 58.4 Å². The van der Waals surface area contributed by atoms with Gasteiger partial charge in [-0.15, -0.1) is 24.0 Å². The van der Waals surface area contributed by atoms with E-state index in [1.54, 1.807) is 0 Å². The first-order valence-corrected chi connectivity index (χ1v) is 1.64. The maximum Gasteiger partial charge on any atom is 0.268 e. The van der Waals surface area contributed by atoms with Crippen LogP contribution < -0.4 is 0 Å². The number of thiol groups is 1. The van der Waals surface area contributed by atoms with E-state index in [-0.39, 0.29) is 36.1 Å². The molecule has 0 rings (SSSR count). The van der Waals surface area contributed by atoms with Crippen molar-refractivity contribution in [3.8, 4) is 0 Å². The van der Waals surface area contributed by atoms with Crippen molar-refractivity contribution in [1.29, 1.82) is 0 Å². The molecule has 0 amide bonds. The lowest BCUT2D eigenvalue weighted by Gasteiger charge is -0.446. The summed E-state index contributed by atoms with van der Waals surface area (Å²) in [6.45, 7) is 0. The summed E-state index contributed by atoms with van der Waals surface area (Å²) < 4.78 is 0. The molecule has 0 nitrogen and oxygen atoms in total. The maximum absolute atomic E-state index is 3.78. The zero-order valence-electron chi connectivity index (χ0n) is 2.67. The van der Waals surface area contributed by atoms with Crippen LogP contribution in [0.15, 0.2) is 0 Å².